The van der Waals surface area contributed by atoms with Crippen LogP contribution >= 0.6 is 0 Å². The second-order valence-electron chi connectivity index (χ2n) is 5.25. The van der Waals surface area contributed by atoms with Crippen molar-refractivity contribution in [3.05, 3.63) is 24.3 Å². The summed E-state index contributed by atoms with van der Waals surface area (Å²) in [6, 6.07) is 7.39. The number of ether oxygens (including phenoxy) is 2. The Morgan fingerprint density at radius 1 is 1.19 bits per heavy atom. The summed E-state index contributed by atoms with van der Waals surface area (Å²) >= 11 is 0. The third-order valence-electron chi connectivity index (χ3n) is 3.88. The molecule has 1 atom stereocenters. The third kappa shape index (κ3) is 3.11. The van der Waals surface area contributed by atoms with E-state index in [0.29, 0.717) is 31.1 Å². The number of rotatable bonds is 3. The summed E-state index contributed by atoms with van der Waals surface area (Å²) in [4.78, 5) is 16.4. The third-order valence-corrected chi connectivity index (χ3v) is 3.88. The number of aliphatic hydroxyl groups is 1. The Hall–Kier alpha value is -1.79. The monoisotopic (exact) mass is 292 g/mol. The van der Waals surface area contributed by atoms with Crippen molar-refractivity contribution in [2.24, 2.45) is 0 Å². The topological polar surface area (TPSA) is 62.2 Å². The Kier molecular flexibility index (Phi) is 4.26. The summed E-state index contributed by atoms with van der Waals surface area (Å²) < 4.78 is 11.3. The van der Waals surface area contributed by atoms with Gasteiger partial charge in [-0.3, -0.25) is 9.69 Å². The van der Waals surface area contributed by atoms with Gasteiger partial charge < -0.3 is 19.5 Å². The van der Waals surface area contributed by atoms with E-state index in [2.05, 4.69) is 4.90 Å². The number of β-amino-alcohol motifs (C(OH)–C–C–N with tert-alkyl or cyclic N) is 1. The summed E-state index contributed by atoms with van der Waals surface area (Å²) in [7, 11) is 0. The Bertz CT molecular complexity index is 500. The van der Waals surface area contributed by atoms with E-state index >= 15 is 0 Å². The molecule has 1 amide bonds. The van der Waals surface area contributed by atoms with E-state index in [4.69, 9.17) is 14.6 Å². The largest absolute Gasteiger partial charge is 0.485 e. The van der Waals surface area contributed by atoms with Crippen molar-refractivity contribution in [2.75, 3.05) is 45.9 Å². The molecule has 2 aliphatic heterocycles. The van der Waals surface area contributed by atoms with E-state index in [-0.39, 0.29) is 19.1 Å². The molecular formula is C15H20N2O4. The van der Waals surface area contributed by atoms with Gasteiger partial charge in [0.2, 0.25) is 6.10 Å². The van der Waals surface area contributed by atoms with Crippen LogP contribution in [0.2, 0.25) is 0 Å². The highest BCUT2D eigenvalue weighted by Crippen LogP contribution is 2.31. The van der Waals surface area contributed by atoms with Crippen LogP contribution in [0.3, 0.4) is 0 Å². The van der Waals surface area contributed by atoms with E-state index in [9.17, 15) is 4.79 Å². The molecule has 0 radical (unpaired) electrons. The molecule has 2 aliphatic rings. The van der Waals surface area contributed by atoms with Gasteiger partial charge in [0.1, 0.15) is 6.61 Å². The van der Waals surface area contributed by atoms with E-state index in [1.165, 1.54) is 0 Å². The molecular weight excluding hydrogens is 272 g/mol. The van der Waals surface area contributed by atoms with Gasteiger partial charge in [0.05, 0.1) is 6.61 Å². The van der Waals surface area contributed by atoms with Crippen LogP contribution in [0.15, 0.2) is 24.3 Å². The molecule has 1 saturated heterocycles. The zero-order chi connectivity index (χ0) is 14.7. The Morgan fingerprint density at radius 2 is 1.90 bits per heavy atom. The van der Waals surface area contributed by atoms with E-state index in [1.807, 2.05) is 29.2 Å². The lowest BCUT2D eigenvalue weighted by Gasteiger charge is -2.36. The van der Waals surface area contributed by atoms with Crippen LogP contribution in [0.25, 0.3) is 0 Å². The van der Waals surface area contributed by atoms with E-state index < -0.39 is 6.10 Å². The summed E-state index contributed by atoms with van der Waals surface area (Å²) in [5, 5.41) is 8.93. The molecule has 0 saturated carbocycles. The lowest BCUT2D eigenvalue weighted by Crippen LogP contribution is -2.54. The first-order valence-corrected chi connectivity index (χ1v) is 7.28. The number of carbonyl (C=O) groups excluding carboxylic acids is 1. The first-order valence-electron chi connectivity index (χ1n) is 7.28. The number of hydrogen-bond acceptors (Lipinski definition) is 5. The molecule has 1 fully saturated rings. The van der Waals surface area contributed by atoms with Crippen molar-refractivity contribution in [1.82, 2.24) is 9.80 Å². The minimum absolute atomic E-state index is 0.0202. The maximum Gasteiger partial charge on any atom is 0.267 e. The van der Waals surface area contributed by atoms with Gasteiger partial charge in [-0.25, -0.2) is 0 Å². The minimum atomic E-state index is -0.565. The number of amides is 1. The Morgan fingerprint density at radius 3 is 2.62 bits per heavy atom. The number of para-hydroxylation sites is 2. The van der Waals surface area contributed by atoms with Crippen LogP contribution in [0, 0.1) is 0 Å². The zero-order valence-corrected chi connectivity index (χ0v) is 11.9. The molecule has 6 heteroatoms. The summed E-state index contributed by atoms with van der Waals surface area (Å²) in [5.74, 6) is 1.29. The molecule has 0 aliphatic carbocycles. The molecule has 114 valence electrons. The van der Waals surface area contributed by atoms with Crippen LogP contribution < -0.4 is 9.47 Å². The standard InChI is InChI=1S/C15H20N2O4/c18-10-9-16-5-7-17(8-6-16)15(19)14-11-20-12-3-1-2-4-13(12)21-14/h1-4,14,18H,5-11H2/t14-/m0/s1. The minimum Gasteiger partial charge on any atom is -0.485 e. The highest BCUT2D eigenvalue weighted by molar-refractivity contribution is 5.82. The smallest absolute Gasteiger partial charge is 0.267 e. The molecule has 1 N–H and O–H groups in total. The number of nitrogens with zero attached hydrogens (tertiary/aromatic N) is 2. The predicted molar refractivity (Wildman–Crippen MR) is 76.5 cm³/mol. The van der Waals surface area contributed by atoms with Crippen molar-refractivity contribution in [3.63, 3.8) is 0 Å². The Labute approximate surface area is 123 Å². The van der Waals surface area contributed by atoms with E-state index in [1.54, 1.807) is 0 Å². The normalized spacial score (nSPS) is 22.1. The van der Waals surface area contributed by atoms with Crippen molar-refractivity contribution in [2.45, 2.75) is 6.10 Å². The predicted octanol–water partition coefficient (Wildman–Crippen LogP) is -0.0371. The van der Waals surface area contributed by atoms with Crippen molar-refractivity contribution < 1.29 is 19.4 Å². The highest BCUT2D eigenvalue weighted by atomic mass is 16.6. The zero-order valence-electron chi connectivity index (χ0n) is 11.9. The molecule has 3 rings (SSSR count). The molecule has 2 heterocycles. The van der Waals surface area contributed by atoms with Crippen molar-refractivity contribution in [1.29, 1.82) is 0 Å². The van der Waals surface area contributed by atoms with Crippen molar-refractivity contribution in [3.8, 4) is 11.5 Å². The number of carbonyl (C=O) groups is 1. The van der Waals surface area contributed by atoms with Gasteiger partial charge in [-0.05, 0) is 12.1 Å². The number of aliphatic hydroxyl groups excluding tert-OH is 1. The van der Waals surface area contributed by atoms with Gasteiger partial charge in [0.15, 0.2) is 11.5 Å². The van der Waals surface area contributed by atoms with E-state index in [0.717, 1.165) is 13.1 Å². The second-order valence-corrected chi connectivity index (χ2v) is 5.25. The number of fused-ring (bicyclic) bond motifs is 1. The SMILES string of the molecule is O=C([C@@H]1COc2ccccc2O1)N1CCN(CCO)CC1. The number of benzene rings is 1. The van der Waals surface area contributed by atoms with Gasteiger partial charge in [0.25, 0.3) is 5.91 Å². The van der Waals surface area contributed by atoms with Crippen LogP contribution in [0.5, 0.6) is 11.5 Å². The maximum absolute atomic E-state index is 12.5. The Balaban J connectivity index is 1.57. The summed E-state index contributed by atoms with van der Waals surface area (Å²) in [6.45, 7) is 3.99. The molecule has 0 bridgehead atoms. The van der Waals surface area contributed by atoms with Gasteiger partial charge in [-0.1, -0.05) is 12.1 Å². The number of hydrogen-bond donors (Lipinski definition) is 1. The van der Waals surface area contributed by atoms with Crippen LogP contribution in [-0.2, 0) is 4.79 Å². The lowest BCUT2D eigenvalue weighted by molar-refractivity contribution is -0.143. The fourth-order valence-corrected chi connectivity index (χ4v) is 2.68. The highest BCUT2D eigenvalue weighted by Gasteiger charge is 2.32. The summed E-state index contributed by atoms with van der Waals surface area (Å²) in [6.07, 6.45) is -0.565. The molecule has 21 heavy (non-hydrogen) atoms. The molecule has 0 unspecified atom stereocenters. The van der Waals surface area contributed by atoms with Crippen LogP contribution in [0.4, 0.5) is 0 Å². The maximum atomic E-state index is 12.5. The van der Waals surface area contributed by atoms with Gasteiger partial charge in [-0.15, -0.1) is 0 Å². The first kappa shape index (κ1) is 14.2. The molecule has 1 aromatic rings. The number of piperazine rings is 1. The molecule has 1 aromatic carbocycles. The molecule has 0 spiro atoms. The molecule has 6 nitrogen and oxygen atoms in total. The fourth-order valence-electron chi connectivity index (χ4n) is 2.68. The van der Waals surface area contributed by atoms with Gasteiger partial charge in [0, 0.05) is 32.7 Å². The van der Waals surface area contributed by atoms with Crippen LogP contribution in [-0.4, -0.2) is 72.9 Å². The average Bonchev–Trinajstić information content (AvgIpc) is 2.55. The quantitative estimate of drug-likeness (QED) is 0.847. The van der Waals surface area contributed by atoms with Crippen LogP contribution in [0.1, 0.15) is 0 Å². The average molecular weight is 292 g/mol. The van der Waals surface area contributed by atoms with Gasteiger partial charge >= 0.3 is 0 Å². The second kappa shape index (κ2) is 6.32. The fraction of sp³-hybridized carbons (Fsp3) is 0.533. The molecule has 0 aromatic heterocycles. The van der Waals surface area contributed by atoms with Crippen molar-refractivity contribution >= 4 is 5.91 Å². The first-order chi connectivity index (χ1) is 10.3. The van der Waals surface area contributed by atoms with Gasteiger partial charge in [-0.2, -0.15) is 0 Å². The summed E-state index contributed by atoms with van der Waals surface area (Å²) in [5.41, 5.74) is 0. The lowest BCUT2D eigenvalue weighted by atomic mass is 10.2.